The molecule has 2 atom stereocenters. The molecule has 0 aliphatic carbocycles. The van der Waals surface area contributed by atoms with Crippen molar-refractivity contribution in [1.82, 2.24) is 15.6 Å². The number of nitrogens with one attached hydrogen (secondary N) is 2. The molecule has 2 amide bonds. The molecule has 2 N–H and O–H groups in total. The molecular weight excluding hydrogens is 296 g/mol. The van der Waals surface area contributed by atoms with Gasteiger partial charge in [0.05, 0.1) is 18.8 Å². The lowest BCUT2D eigenvalue weighted by Gasteiger charge is -2.36. The van der Waals surface area contributed by atoms with Gasteiger partial charge in [-0.05, 0) is 25.5 Å². The third-order valence-electron chi connectivity index (χ3n) is 3.60. The van der Waals surface area contributed by atoms with Crippen LogP contribution in [0.5, 0.6) is 0 Å². The van der Waals surface area contributed by atoms with E-state index in [4.69, 9.17) is 9.47 Å². The fourth-order valence-corrected chi connectivity index (χ4v) is 2.58. The van der Waals surface area contributed by atoms with Crippen LogP contribution in [0.3, 0.4) is 0 Å². The van der Waals surface area contributed by atoms with Gasteiger partial charge in [0.25, 0.3) is 0 Å². The number of nitrogens with zero attached hydrogens (tertiary/aromatic N) is 2. The number of hydrogen-bond donors (Lipinski definition) is 2. The number of amides is 2. The summed E-state index contributed by atoms with van der Waals surface area (Å²) in [5.74, 6) is 0.945. The van der Waals surface area contributed by atoms with Gasteiger partial charge in [0, 0.05) is 39.5 Å². The molecule has 0 radical (unpaired) electrons. The molecule has 1 aromatic heterocycles. The first-order chi connectivity index (χ1) is 11.1. The Balaban J connectivity index is 1.81. The van der Waals surface area contributed by atoms with Crippen LogP contribution in [0, 0.1) is 0 Å². The molecule has 23 heavy (non-hydrogen) atoms. The van der Waals surface area contributed by atoms with Crippen molar-refractivity contribution in [3.8, 4) is 0 Å². The Kier molecular flexibility index (Phi) is 6.61. The molecule has 0 aromatic carbocycles. The second-order valence-electron chi connectivity index (χ2n) is 5.79. The zero-order valence-electron chi connectivity index (χ0n) is 14.0. The quantitative estimate of drug-likeness (QED) is 0.768. The largest absolute Gasteiger partial charge is 0.383 e. The summed E-state index contributed by atoms with van der Waals surface area (Å²) in [6.07, 6.45) is 2.21. The Morgan fingerprint density at radius 2 is 2.09 bits per heavy atom. The van der Waals surface area contributed by atoms with E-state index in [1.165, 1.54) is 0 Å². The molecule has 2 rings (SSSR count). The van der Waals surface area contributed by atoms with Gasteiger partial charge in [0.2, 0.25) is 0 Å². The molecule has 1 saturated heterocycles. The van der Waals surface area contributed by atoms with Crippen molar-refractivity contribution in [2.75, 3.05) is 38.3 Å². The van der Waals surface area contributed by atoms with Crippen LogP contribution < -0.4 is 15.5 Å². The summed E-state index contributed by atoms with van der Waals surface area (Å²) >= 11 is 0. The first-order valence-corrected chi connectivity index (χ1v) is 7.94. The van der Waals surface area contributed by atoms with Gasteiger partial charge in [-0.3, -0.25) is 0 Å². The maximum atomic E-state index is 11.6. The number of morpholine rings is 1. The first kappa shape index (κ1) is 17.5. The van der Waals surface area contributed by atoms with Crippen molar-refractivity contribution in [3.05, 3.63) is 23.9 Å². The molecule has 1 aliphatic heterocycles. The zero-order chi connectivity index (χ0) is 16.7. The van der Waals surface area contributed by atoms with E-state index < -0.39 is 0 Å². The number of aromatic nitrogens is 1. The molecule has 0 saturated carbocycles. The van der Waals surface area contributed by atoms with Crippen molar-refractivity contribution in [1.29, 1.82) is 0 Å². The summed E-state index contributed by atoms with van der Waals surface area (Å²) in [6, 6.07) is 3.77. The van der Waals surface area contributed by atoms with Gasteiger partial charge in [-0.15, -0.1) is 0 Å². The highest BCUT2D eigenvalue weighted by atomic mass is 16.5. The molecule has 0 bridgehead atoms. The number of rotatable bonds is 6. The summed E-state index contributed by atoms with van der Waals surface area (Å²) in [6.45, 7) is 7.27. The van der Waals surface area contributed by atoms with Crippen LogP contribution >= 0.6 is 0 Å². The normalized spacial score (nSPS) is 21.1. The number of hydrogen-bond acceptors (Lipinski definition) is 5. The predicted molar refractivity (Wildman–Crippen MR) is 88.6 cm³/mol. The highest BCUT2D eigenvalue weighted by molar-refractivity contribution is 5.73. The molecule has 1 aromatic rings. The minimum absolute atomic E-state index is 0.206. The SMILES string of the molecule is COCCNC(=O)NCc1ccc(N2C[C@H](C)O[C@@H](C)C2)nc1. The maximum Gasteiger partial charge on any atom is 0.315 e. The lowest BCUT2D eigenvalue weighted by molar-refractivity contribution is -0.00546. The fraction of sp³-hybridized carbons (Fsp3) is 0.625. The van der Waals surface area contributed by atoms with Crippen molar-refractivity contribution in [2.45, 2.75) is 32.6 Å². The van der Waals surface area contributed by atoms with E-state index in [9.17, 15) is 4.79 Å². The highest BCUT2D eigenvalue weighted by Gasteiger charge is 2.22. The van der Waals surface area contributed by atoms with E-state index in [2.05, 4.69) is 34.4 Å². The Bertz CT molecular complexity index is 485. The molecule has 2 heterocycles. The minimum atomic E-state index is -0.207. The predicted octanol–water partition coefficient (Wildman–Crippen LogP) is 1.14. The lowest BCUT2D eigenvalue weighted by Crippen LogP contribution is -2.45. The number of carbonyl (C=O) groups is 1. The number of methoxy groups -OCH3 is 1. The monoisotopic (exact) mass is 322 g/mol. The number of carbonyl (C=O) groups excluding carboxylic acids is 1. The van der Waals surface area contributed by atoms with Crippen molar-refractivity contribution in [3.63, 3.8) is 0 Å². The average molecular weight is 322 g/mol. The summed E-state index contributed by atoms with van der Waals surface area (Å²) in [5, 5.41) is 5.50. The van der Waals surface area contributed by atoms with E-state index in [0.717, 1.165) is 24.5 Å². The van der Waals surface area contributed by atoms with Gasteiger partial charge >= 0.3 is 6.03 Å². The Morgan fingerprint density at radius 3 is 2.70 bits per heavy atom. The lowest BCUT2D eigenvalue weighted by atomic mass is 10.2. The van der Waals surface area contributed by atoms with Crippen LogP contribution in [0.25, 0.3) is 0 Å². The minimum Gasteiger partial charge on any atom is -0.383 e. The molecule has 1 fully saturated rings. The third-order valence-corrected chi connectivity index (χ3v) is 3.60. The molecule has 128 valence electrons. The highest BCUT2D eigenvalue weighted by Crippen LogP contribution is 2.18. The maximum absolute atomic E-state index is 11.6. The van der Waals surface area contributed by atoms with Gasteiger partial charge in [-0.2, -0.15) is 0 Å². The van der Waals surface area contributed by atoms with E-state index in [1.54, 1.807) is 13.3 Å². The zero-order valence-corrected chi connectivity index (χ0v) is 14.0. The van der Waals surface area contributed by atoms with Crippen LogP contribution in [0.1, 0.15) is 19.4 Å². The Hall–Kier alpha value is -1.86. The second-order valence-corrected chi connectivity index (χ2v) is 5.79. The fourth-order valence-electron chi connectivity index (χ4n) is 2.58. The topological polar surface area (TPSA) is 75.7 Å². The van der Waals surface area contributed by atoms with E-state index in [1.807, 2.05) is 12.1 Å². The van der Waals surface area contributed by atoms with Crippen molar-refractivity contribution >= 4 is 11.8 Å². The number of ether oxygens (including phenoxy) is 2. The summed E-state index contributed by atoms with van der Waals surface area (Å²) in [4.78, 5) is 18.3. The number of anilines is 1. The number of urea groups is 1. The van der Waals surface area contributed by atoms with Crippen LogP contribution in [-0.4, -0.2) is 56.6 Å². The van der Waals surface area contributed by atoms with Gasteiger partial charge in [-0.25, -0.2) is 9.78 Å². The molecule has 7 heteroatoms. The molecule has 0 unspecified atom stereocenters. The van der Waals surface area contributed by atoms with Crippen LogP contribution in [0.2, 0.25) is 0 Å². The first-order valence-electron chi connectivity index (χ1n) is 7.94. The van der Waals surface area contributed by atoms with E-state index >= 15 is 0 Å². The molecular formula is C16H26N4O3. The Labute approximate surface area is 137 Å². The van der Waals surface area contributed by atoms with Gasteiger partial charge in [0.15, 0.2) is 0 Å². The van der Waals surface area contributed by atoms with Crippen molar-refractivity contribution in [2.24, 2.45) is 0 Å². The van der Waals surface area contributed by atoms with E-state index in [0.29, 0.717) is 19.7 Å². The van der Waals surface area contributed by atoms with Crippen LogP contribution in [-0.2, 0) is 16.0 Å². The average Bonchev–Trinajstić information content (AvgIpc) is 2.53. The molecule has 7 nitrogen and oxygen atoms in total. The smallest absolute Gasteiger partial charge is 0.315 e. The van der Waals surface area contributed by atoms with E-state index in [-0.39, 0.29) is 18.2 Å². The van der Waals surface area contributed by atoms with Crippen molar-refractivity contribution < 1.29 is 14.3 Å². The van der Waals surface area contributed by atoms with Crippen LogP contribution in [0.15, 0.2) is 18.3 Å². The standard InChI is InChI=1S/C16H26N4O3/c1-12-10-20(11-13(2)23-12)15-5-4-14(8-18-15)9-19-16(21)17-6-7-22-3/h4-5,8,12-13H,6-7,9-11H2,1-3H3,(H2,17,19,21)/t12-,13-/m0/s1. The summed E-state index contributed by atoms with van der Waals surface area (Å²) in [7, 11) is 1.60. The van der Waals surface area contributed by atoms with Gasteiger partial charge in [0.1, 0.15) is 5.82 Å². The number of pyridine rings is 1. The second kappa shape index (κ2) is 8.69. The third kappa shape index (κ3) is 5.69. The molecule has 1 aliphatic rings. The van der Waals surface area contributed by atoms with Crippen LogP contribution in [0.4, 0.5) is 10.6 Å². The molecule has 0 spiro atoms. The van der Waals surface area contributed by atoms with Gasteiger partial charge in [-0.1, -0.05) is 6.07 Å². The van der Waals surface area contributed by atoms with Gasteiger partial charge < -0.3 is 25.0 Å². The summed E-state index contributed by atoms with van der Waals surface area (Å²) < 4.78 is 10.6. The summed E-state index contributed by atoms with van der Waals surface area (Å²) in [5.41, 5.74) is 0.963. The Morgan fingerprint density at radius 1 is 1.35 bits per heavy atom.